The molecule has 0 spiro atoms. The third-order valence-electron chi connectivity index (χ3n) is 4.46. The van der Waals surface area contributed by atoms with Gasteiger partial charge in [-0.1, -0.05) is 36.4 Å². The van der Waals surface area contributed by atoms with E-state index in [-0.39, 0.29) is 36.6 Å². The van der Waals surface area contributed by atoms with Gasteiger partial charge in [0.25, 0.3) is 5.91 Å². The lowest BCUT2D eigenvalue weighted by atomic mass is 10.2. The SMILES string of the molecule is O=C(CCCNC(=O)OCc1ccccc1)Nc1cc(F)ccc1NC(=O)c1ccccn1. The minimum Gasteiger partial charge on any atom is -0.445 e. The summed E-state index contributed by atoms with van der Waals surface area (Å²) in [5, 5.41) is 7.77. The highest BCUT2D eigenvalue weighted by atomic mass is 19.1. The number of anilines is 2. The van der Waals surface area contributed by atoms with Crippen LogP contribution in [0.4, 0.5) is 20.6 Å². The summed E-state index contributed by atoms with van der Waals surface area (Å²) in [5.41, 5.74) is 1.42. The molecular weight excluding hydrogens is 427 g/mol. The van der Waals surface area contributed by atoms with Gasteiger partial charge in [0.2, 0.25) is 5.91 Å². The molecule has 0 atom stereocenters. The molecule has 0 saturated carbocycles. The Morgan fingerprint density at radius 3 is 2.45 bits per heavy atom. The van der Waals surface area contributed by atoms with Crippen LogP contribution < -0.4 is 16.0 Å². The quantitative estimate of drug-likeness (QED) is 0.425. The number of halogens is 1. The van der Waals surface area contributed by atoms with E-state index in [1.807, 2.05) is 30.3 Å². The Kier molecular flexibility index (Phi) is 8.47. The fourth-order valence-corrected chi connectivity index (χ4v) is 2.84. The van der Waals surface area contributed by atoms with Crippen molar-refractivity contribution in [1.82, 2.24) is 10.3 Å². The monoisotopic (exact) mass is 450 g/mol. The number of carbonyl (C=O) groups is 3. The van der Waals surface area contributed by atoms with Crippen molar-refractivity contribution in [3.63, 3.8) is 0 Å². The summed E-state index contributed by atoms with van der Waals surface area (Å²) in [6, 6.07) is 17.8. The molecule has 9 heteroatoms. The molecule has 0 saturated heterocycles. The van der Waals surface area contributed by atoms with E-state index in [1.165, 1.54) is 24.4 Å². The minimum atomic E-state index is -0.580. The fraction of sp³-hybridized carbons (Fsp3) is 0.167. The zero-order valence-corrected chi connectivity index (χ0v) is 17.7. The molecule has 3 N–H and O–H groups in total. The molecule has 3 aromatic rings. The molecule has 3 rings (SSSR count). The predicted molar refractivity (Wildman–Crippen MR) is 121 cm³/mol. The number of pyridine rings is 1. The average Bonchev–Trinajstić information content (AvgIpc) is 2.83. The van der Waals surface area contributed by atoms with Gasteiger partial charge in [-0.25, -0.2) is 9.18 Å². The molecule has 2 aromatic carbocycles. The lowest BCUT2D eigenvalue weighted by Gasteiger charge is -2.12. The molecule has 0 aliphatic rings. The van der Waals surface area contributed by atoms with Gasteiger partial charge in [-0.2, -0.15) is 0 Å². The summed E-state index contributed by atoms with van der Waals surface area (Å²) in [6.45, 7) is 0.382. The molecule has 1 aromatic heterocycles. The van der Waals surface area contributed by atoms with Crippen LogP contribution in [0.1, 0.15) is 28.9 Å². The van der Waals surface area contributed by atoms with Crippen molar-refractivity contribution in [3.05, 3.63) is 90.0 Å². The molecule has 0 aliphatic carbocycles. The standard InChI is InChI=1S/C24H23FN4O4/c25-18-11-12-19(29-23(31)20-9-4-5-13-26-20)21(15-18)28-22(30)10-6-14-27-24(32)33-16-17-7-2-1-3-8-17/h1-5,7-9,11-13,15H,6,10,14,16H2,(H,27,32)(H,28,30)(H,29,31). The summed E-state index contributed by atoms with van der Waals surface area (Å²) >= 11 is 0. The molecule has 0 unspecified atom stereocenters. The first-order valence-corrected chi connectivity index (χ1v) is 10.3. The van der Waals surface area contributed by atoms with Crippen molar-refractivity contribution in [2.24, 2.45) is 0 Å². The van der Waals surface area contributed by atoms with Gasteiger partial charge in [0, 0.05) is 19.2 Å². The Labute approximate surface area is 190 Å². The van der Waals surface area contributed by atoms with Gasteiger partial charge < -0.3 is 20.7 Å². The van der Waals surface area contributed by atoms with Gasteiger partial charge in [-0.05, 0) is 42.3 Å². The van der Waals surface area contributed by atoms with Crippen LogP contribution in [0.15, 0.2) is 72.9 Å². The number of aromatic nitrogens is 1. The molecule has 1 heterocycles. The molecule has 0 radical (unpaired) electrons. The van der Waals surface area contributed by atoms with Gasteiger partial charge in [0.05, 0.1) is 11.4 Å². The maximum absolute atomic E-state index is 13.7. The van der Waals surface area contributed by atoms with Crippen LogP contribution in [0.5, 0.6) is 0 Å². The highest BCUT2D eigenvalue weighted by Crippen LogP contribution is 2.23. The van der Waals surface area contributed by atoms with Crippen LogP contribution in [0, 0.1) is 5.82 Å². The highest BCUT2D eigenvalue weighted by Gasteiger charge is 2.13. The zero-order valence-electron chi connectivity index (χ0n) is 17.7. The molecule has 0 bridgehead atoms. The smallest absolute Gasteiger partial charge is 0.407 e. The number of benzene rings is 2. The van der Waals surface area contributed by atoms with Crippen LogP contribution in [-0.4, -0.2) is 29.4 Å². The minimum absolute atomic E-state index is 0.0725. The number of alkyl carbamates (subject to hydrolysis) is 1. The van der Waals surface area contributed by atoms with E-state index in [4.69, 9.17) is 4.74 Å². The number of nitrogens with one attached hydrogen (secondary N) is 3. The lowest BCUT2D eigenvalue weighted by molar-refractivity contribution is -0.116. The number of ether oxygens (including phenoxy) is 1. The molecule has 170 valence electrons. The summed E-state index contributed by atoms with van der Waals surface area (Å²) < 4.78 is 18.8. The first-order valence-electron chi connectivity index (χ1n) is 10.3. The van der Waals surface area contributed by atoms with Gasteiger partial charge in [0.15, 0.2) is 0 Å². The first kappa shape index (κ1) is 23.4. The van der Waals surface area contributed by atoms with Crippen LogP contribution in [0.3, 0.4) is 0 Å². The van der Waals surface area contributed by atoms with Gasteiger partial charge >= 0.3 is 6.09 Å². The first-order chi connectivity index (χ1) is 16.0. The van der Waals surface area contributed by atoms with Crippen molar-refractivity contribution in [2.75, 3.05) is 17.2 Å². The van der Waals surface area contributed by atoms with Crippen molar-refractivity contribution in [3.8, 4) is 0 Å². The number of nitrogens with zero attached hydrogens (tertiary/aromatic N) is 1. The zero-order chi connectivity index (χ0) is 23.5. The van der Waals surface area contributed by atoms with E-state index in [9.17, 15) is 18.8 Å². The molecule has 0 aliphatic heterocycles. The van der Waals surface area contributed by atoms with Crippen molar-refractivity contribution in [2.45, 2.75) is 19.4 Å². The fourth-order valence-electron chi connectivity index (χ4n) is 2.84. The number of rotatable bonds is 9. The normalized spacial score (nSPS) is 10.2. The van der Waals surface area contributed by atoms with Crippen LogP contribution in [-0.2, 0) is 16.1 Å². The van der Waals surface area contributed by atoms with E-state index >= 15 is 0 Å². The second-order valence-corrected chi connectivity index (χ2v) is 7.00. The van der Waals surface area contributed by atoms with Gasteiger partial charge in [0.1, 0.15) is 18.1 Å². The maximum Gasteiger partial charge on any atom is 0.407 e. The number of hydrogen-bond acceptors (Lipinski definition) is 5. The average molecular weight is 450 g/mol. The van der Waals surface area contributed by atoms with Crippen molar-refractivity contribution >= 4 is 29.3 Å². The molecule has 33 heavy (non-hydrogen) atoms. The topological polar surface area (TPSA) is 109 Å². The summed E-state index contributed by atoms with van der Waals surface area (Å²) in [4.78, 5) is 40.3. The second-order valence-electron chi connectivity index (χ2n) is 7.00. The predicted octanol–water partition coefficient (Wildman–Crippen LogP) is 4.12. The molecular formula is C24H23FN4O4. The molecule has 3 amide bonds. The van der Waals surface area contributed by atoms with Crippen LogP contribution >= 0.6 is 0 Å². The van der Waals surface area contributed by atoms with E-state index in [0.29, 0.717) is 6.42 Å². The molecule has 0 fully saturated rings. The van der Waals surface area contributed by atoms with Crippen LogP contribution in [0.25, 0.3) is 0 Å². The number of amides is 3. The maximum atomic E-state index is 13.7. The lowest BCUT2D eigenvalue weighted by Crippen LogP contribution is -2.26. The Morgan fingerprint density at radius 1 is 0.909 bits per heavy atom. The van der Waals surface area contributed by atoms with E-state index in [0.717, 1.165) is 11.6 Å². The Morgan fingerprint density at radius 2 is 1.70 bits per heavy atom. The van der Waals surface area contributed by atoms with E-state index in [2.05, 4.69) is 20.9 Å². The number of carbonyl (C=O) groups excluding carboxylic acids is 3. The Hall–Kier alpha value is -4.27. The van der Waals surface area contributed by atoms with Crippen molar-refractivity contribution in [1.29, 1.82) is 0 Å². The van der Waals surface area contributed by atoms with Crippen LogP contribution in [0.2, 0.25) is 0 Å². The summed E-state index contributed by atoms with van der Waals surface area (Å²) in [7, 11) is 0. The van der Waals surface area contributed by atoms with Crippen molar-refractivity contribution < 1.29 is 23.5 Å². The molecule has 8 nitrogen and oxygen atoms in total. The second kappa shape index (κ2) is 11.9. The third-order valence-corrected chi connectivity index (χ3v) is 4.46. The number of hydrogen-bond donors (Lipinski definition) is 3. The Bertz CT molecular complexity index is 1090. The van der Waals surface area contributed by atoms with E-state index in [1.54, 1.807) is 12.1 Å². The third kappa shape index (κ3) is 7.73. The summed E-state index contributed by atoms with van der Waals surface area (Å²) in [6.07, 6.45) is 1.32. The van der Waals surface area contributed by atoms with Gasteiger partial charge in [-0.3, -0.25) is 14.6 Å². The van der Waals surface area contributed by atoms with E-state index < -0.39 is 23.7 Å². The highest BCUT2D eigenvalue weighted by molar-refractivity contribution is 6.06. The Balaban J connectivity index is 1.44. The largest absolute Gasteiger partial charge is 0.445 e. The summed E-state index contributed by atoms with van der Waals surface area (Å²) in [5.74, 6) is -1.45. The van der Waals surface area contributed by atoms with Gasteiger partial charge in [-0.15, -0.1) is 0 Å².